The highest BCUT2D eigenvalue weighted by Crippen LogP contribution is 2.36. The molecule has 1 saturated heterocycles. The molecule has 0 radical (unpaired) electrons. The Kier molecular flexibility index (Phi) is 6.78. The van der Waals surface area contributed by atoms with Crippen LogP contribution in [0.2, 0.25) is 0 Å². The van der Waals surface area contributed by atoms with Gasteiger partial charge >= 0.3 is 5.97 Å². The zero-order valence-corrected chi connectivity index (χ0v) is 23.5. The van der Waals surface area contributed by atoms with E-state index < -0.39 is 17.6 Å². The van der Waals surface area contributed by atoms with Crippen molar-refractivity contribution in [1.82, 2.24) is 40.0 Å². The van der Waals surface area contributed by atoms with Gasteiger partial charge in [0.2, 0.25) is 0 Å². The third kappa shape index (κ3) is 4.84. The van der Waals surface area contributed by atoms with Crippen LogP contribution >= 0.6 is 0 Å². The lowest BCUT2D eigenvalue weighted by Gasteiger charge is -2.39. The van der Waals surface area contributed by atoms with Crippen molar-refractivity contribution in [1.29, 1.82) is 0 Å². The predicted molar refractivity (Wildman–Crippen MR) is 150 cm³/mol. The lowest BCUT2D eigenvalue weighted by Crippen LogP contribution is -2.50. The first-order valence-corrected chi connectivity index (χ1v) is 13.7. The first-order valence-electron chi connectivity index (χ1n) is 13.7. The number of carbonyl (C=O) groups excluding carboxylic acids is 2. The molecule has 1 fully saturated rings. The number of aromatic amines is 1. The number of esters is 1. The Morgan fingerprint density at radius 2 is 1.85 bits per heavy atom. The van der Waals surface area contributed by atoms with E-state index in [1.807, 2.05) is 45.0 Å². The maximum atomic E-state index is 13.0. The number of hydrogen-bond acceptors (Lipinski definition) is 9. The van der Waals surface area contributed by atoms with Gasteiger partial charge in [0.1, 0.15) is 11.7 Å². The Morgan fingerprint density at radius 3 is 2.56 bits per heavy atom. The van der Waals surface area contributed by atoms with Crippen molar-refractivity contribution < 1.29 is 18.7 Å². The highest BCUT2D eigenvalue weighted by molar-refractivity contribution is 6.09. The molecule has 5 aromatic rings. The Labute approximate surface area is 236 Å². The van der Waals surface area contributed by atoms with Crippen LogP contribution in [0.5, 0.6) is 0 Å². The Balaban J connectivity index is 1.49. The summed E-state index contributed by atoms with van der Waals surface area (Å²) in [6, 6.07) is 12.6. The monoisotopic (exact) mass is 556 g/mol. The molecule has 0 spiro atoms. The summed E-state index contributed by atoms with van der Waals surface area (Å²) in [6.45, 7) is 10.1. The van der Waals surface area contributed by atoms with E-state index in [4.69, 9.17) is 14.1 Å². The van der Waals surface area contributed by atoms with Crippen molar-refractivity contribution in [2.24, 2.45) is 0 Å². The fourth-order valence-electron chi connectivity index (χ4n) is 5.42. The molecule has 0 aliphatic carbocycles. The molecule has 1 unspecified atom stereocenters. The van der Waals surface area contributed by atoms with E-state index in [0.29, 0.717) is 43.5 Å². The van der Waals surface area contributed by atoms with E-state index >= 15 is 0 Å². The normalized spacial score (nSPS) is 15.5. The van der Waals surface area contributed by atoms with Gasteiger partial charge in [0, 0.05) is 42.5 Å². The second-order valence-corrected chi connectivity index (χ2v) is 11.0. The summed E-state index contributed by atoms with van der Waals surface area (Å²) in [5.74, 6) is 0.266. The SMILES string of the molecule is CCOC(=O)c1cc2c([nH]c3ccccc32)c(C(c2nnnn2C(C)(C)C)N2CCN(C(=O)c3ccco3)CC2)n1. The smallest absolute Gasteiger partial charge is 0.356 e. The largest absolute Gasteiger partial charge is 0.461 e. The Morgan fingerprint density at radius 1 is 1.07 bits per heavy atom. The molecule has 1 atom stereocenters. The standard InChI is InChI=1S/C29H32N8O4/c1-5-40-28(39)21-17-19-18-9-6-7-10-20(18)30-23(19)24(31-21)25(26-32-33-34-37(26)29(2,3)4)35-12-14-36(15-13-35)27(38)22-11-8-16-41-22/h6-11,16-17,25,30H,5,12-15H2,1-4H3. The maximum Gasteiger partial charge on any atom is 0.356 e. The van der Waals surface area contributed by atoms with Gasteiger partial charge in [-0.1, -0.05) is 18.2 Å². The highest BCUT2D eigenvalue weighted by Gasteiger charge is 2.37. The first kappa shape index (κ1) is 26.6. The minimum absolute atomic E-state index is 0.147. The van der Waals surface area contributed by atoms with E-state index in [2.05, 4.69) is 25.4 Å². The van der Waals surface area contributed by atoms with Crippen LogP contribution in [-0.4, -0.2) is 84.6 Å². The number of benzene rings is 1. The zero-order valence-electron chi connectivity index (χ0n) is 23.5. The van der Waals surface area contributed by atoms with Crippen molar-refractivity contribution in [2.75, 3.05) is 32.8 Å². The quantitative estimate of drug-likeness (QED) is 0.310. The number of hydrogen-bond donors (Lipinski definition) is 1. The number of rotatable bonds is 6. The number of pyridine rings is 1. The summed E-state index contributed by atoms with van der Waals surface area (Å²) >= 11 is 0. The molecule has 6 rings (SSSR count). The molecule has 12 nitrogen and oxygen atoms in total. The van der Waals surface area contributed by atoms with Crippen molar-refractivity contribution in [3.63, 3.8) is 0 Å². The van der Waals surface area contributed by atoms with E-state index in [1.165, 1.54) is 6.26 Å². The summed E-state index contributed by atoms with van der Waals surface area (Å²) in [6.07, 6.45) is 1.50. The molecule has 0 bridgehead atoms. The number of ether oxygens (including phenoxy) is 1. The number of piperazine rings is 1. The van der Waals surface area contributed by atoms with E-state index in [-0.39, 0.29) is 18.2 Å². The fourth-order valence-corrected chi connectivity index (χ4v) is 5.42. The topological polar surface area (TPSA) is 135 Å². The van der Waals surface area contributed by atoms with Crippen molar-refractivity contribution >= 4 is 33.7 Å². The molecule has 1 aliphatic heterocycles. The van der Waals surface area contributed by atoms with E-state index in [9.17, 15) is 9.59 Å². The number of aromatic nitrogens is 6. The molecule has 5 heterocycles. The van der Waals surface area contributed by atoms with Gasteiger partial charge in [-0.15, -0.1) is 5.10 Å². The maximum absolute atomic E-state index is 13.0. The minimum Gasteiger partial charge on any atom is -0.461 e. The number of fused-ring (bicyclic) bond motifs is 3. The molecule has 41 heavy (non-hydrogen) atoms. The average Bonchev–Trinajstić information content (AvgIpc) is 3.73. The van der Waals surface area contributed by atoms with Gasteiger partial charge in [-0.3, -0.25) is 9.69 Å². The third-order valence-corrected chi connectivity index (χ3v) is 7.34. The summed E-state index contributed by atoms with van der Waals surface area (Å²) in [4.78, 5) is 38.5. The molecular weight excluding hydrogens is 524 g/mol. The summed E-state index contributed by atoms with van der Waals surface area (Å²) in [5.41, 5.74) is 2.13. The van der Waals surface area contributed by atoms with Gasteiger partial charge in [0.25, 0.3) is 5.91 Å². The number of tetrazole rings is 1. The number of para-hydroxylation sites is 1. The molecule has 1 N–H and O–H groups in total. The van der Waals surface area contributed by atoms with Crippen LogP contribution in [0.1, 0.15) is 66.3 Å². The van der Waals surface area contributed by atoms with E-state index in [0.717, 1.165) is 21.8 Å². The van der Waals surface area contributed by atoms with Gasteiger partial charge in [-0.25, -0.2) is 14.5 Å². The van der Waals surface area contributed by atoms with Crippen LogP contribution in [0, 0.1) is 0 Å². The molecule has 212 valence electrons. The summed E-state index contributed by atoms with van der Waals surface area (Å²) in [7, 11) is 0. The summed E-state index contributed by atoms with van der Waals surface area (Å²) < 4.78 is 12.5. The predicted octanol–water partition coefficient (Wildman–Crippen LogP) is 3.77. The van der Waals surface area contributed by atoms with Gasteiger partial charge in [-0.2, -0.15) is 0 Å². The number of H-pyrrole nitrogens is 1. The Hall–Kier alpha value is -4.58. The fraction of sp³-hybridized carbons (Fsp3) is 0.379. The average molecular weight is 557 g/mol. The third-order valence-electron chi connectivity index (χ3n) is 7.34. The number of furan rings is 1. The first-order chi connectivity index (χ1) is 19.8. The van der Waals surface area contributed by atoms with Crippen LogP contribution in [0.4, 0.5) is 0 Å². The van der Waals surface area contributed by atoms with Crippen LogP contribution in [-0.2, 0) is 10.3 Å². The lowest BCUT2D eigenvalue weighted by atomic mass is 10.0. The molecule has 1 aliphatic rings. The number of nitrogens with zero attached hydrogens (tertiary/aromatic N) is 7. The van der Waals surface area contributed by atoms with Gasteiger partial charge in [0.15, 0.2) is 11.6 Å². The minimum atomic E-state index is -0.518. The second-order valence-electron chi connectivity index (χ2n) is 11.0. The molecule has 1 aromatic carbocycles. The van der Waals surface area contributed by atoms with Crippen LogP contribution in [0.3, 0.4) is 0 Å². The van der Waals surface area contributed by atoms with Crippen LogP contribution in [0.15, 0.2) is 53.1 Å². The molecule has 0 saturated carbocycles. The van der Waals surface area contributed by atoms with Gasteiger partial charge < -0.3 is 19.0 Å². The highest BCUT2D eigenvalue weighted by atomic mass is 16.5. The van der Waals surface area contributed by atoms with E-state index in [1.54, 1.807) is 34.7 Å². The lowest BCUT2D eigenvalue weighted by molar-refractivity contribution is 0.0511. The zero-order chi connectivity index (χ0) is 28.7. The molecule has 4 aromatic heterocycles. The molecular formula is C29H32N8O4. The molecule has 12 heteroatoms. The van der Waals surface area contributed by atoms with Crippen LogP contribution < -0.4 is 0 Å². The number of amides is 1. The van der Waals surface area contributed by atoms with Crippen LogP contribution in [0.25, 0.3) is 21.8 Å². The van der Waals surface area contributed by atoms with Gasteiger partial charge in [0.05, 0.1) is 29.6 Å². The second kappa shape index (κ2) is 10.4. The van der Waals surface area contributed by atoms with Crippen molar-refractivity contribution in [3.8, 4) is 0 Å². The summed E-state index contributed by atoms with van der Waals surface area (Å²) in [5, 5.41) is 14.7. The Bertz CT molecular complexity index is 1710. The number of carbonyl (C=O) groups is 2. The molecule has 1 amide bonds. The van der Waals surface area contributed by atoms with Crippen molar-refractivity contribution in [3.05, 3.63) is 71.7 Å². The van der Waals surface area contributed by atoms with Gasteiger partial charge in [-0.05, 0) is 62.4 Å². The number of nitrogens with one attached hydrogen (secondary N) is 1. The van der Waals surface area contributed by atoms with Crippen molar-refractivity contribution in [2.45, 2.75) is 39.3 Å².